The maximum atomic E-state index is 12.5. The van der Waals surface area contributed by atoms with Crippen LogP contribution in [0.2, 0.25) is 0 Å². The van der Waals surface area contributed by atoms with Gasteiger partial charge in [0.15, 0.2) is 5.58 Å². The second kappa shape index (κ2) is 6.62. The summed E-state index contributed by atoms with van der Waals surface area (Å²) in [5.74, 6) is 0.889. The molecule has 0 fully saturated rings. The molecule has 0 saturated heterocycles. The molecular weight excluding hydrogens is 354 g/mol. The summed E-state index contributed by atoms with van der Waals surface area (Å²) in [5, 5.41) is 8.76. The van der Waals surface area contributed by atoms with Crippen molar-refractivity contribution < 1.29 is 9.32 Å². The zero-order chi connectivity index (χ0) is 18.9. The highest BCUT2D eigenvalue weighted by Gasteiger charge is 2.13. The summed E-state index contributed by atoms with van der Waals surface area (Å²) in [4.78, 5) is 21.0. The Morgan fingerprint density at radius 1 is 1.04 bits per heavy atom. The van der Waals surface area contributed by atoms with Gasteiger partial charge in [-0.2, -0.15) is 0 Å². The van der Waals surface area contributed by atoms with Crippen LogP contribution in [0, 0.1) is 0 Å². The fourth-order valence-corrected chi connectivity index (χ4v) is 3.23. The van der Waals surface area contributed by atoms with Gasteiger partial charge < -0.3 is 14.4 Å². The molecule has 7 heteroatoms. The number of amides is 1. The van der Waals surface area contributed by atoms with E-state index in [0.29, 0.717) is 22.9 Å². The molecule has 0 unspecified atom stereocenters. The zero-order valence-corrected chi connectivity index (χ0v) is 14.7. The minimum absolute atomic E-state index is 0.100. The number of anilines is 1. The molecule has 0 atom stereocenters. The maximum absolute atomic E-state index is 12.5. The Bertz CT molecular complexity index is 1300. The average molecular weight is 369 g/mol. The molecule has 7 nitrogen and oxygen atoms in total. The average Bonchev–Trinajstić information content (AvgIpc) is 3.33. The molecule has 3 aromatic heterocycles. The van der Waals surface area contributed by atoms with E-state index in [2.05, 4.69) is 20.4 Å². The molecule has 0 aliphatic heterocycles. The number of nitrogens with one attached hydrogen (secondary N) is 1. The highest BCUT2D eigenvalue weighted by atomic mass is 16.5. The fourth-order valence-electron chi connectivity index (χ4n) is 3.23. The van der Waals surface area contributed by atoms with Crippen LogP contribution in [0.4, 0.5) is 5.82 Å². The predicted octanol–water partition coefficient (Wildman–Crippen LogP) is 3.74. The number of hydrogen-bond acceptors (Lipinski definition) is 5. The van der Waals surface area contributed by atoms with Gasteiger partial charge in [0.1, 0.15) is 23.7 Å². The number of para-hydroxylation sites is 2. The van der Waals surface area contributed by atoms with Gasteiger partial charge in [0.05, 0.1) is 11.9 Å². The summed E-state index contributed by atoms with van der Waals surface area (Å²) < 4.78 is 7.21. The lowest BCUT2D eigenvalue weighted by atomic mass is 10.1. The number of carbonyl (C=O) groups excluding carboxylic acids is 1. The molecule has 2 aromatic carbocycles. The van der Waals surface area contributed by atoms with Crippen molar-refractivity contribution >= 4 is 33.6 Å². The summed E-state index contributed by atoms with van der Waals surface area (Å²) in [7, 11) is 0. The van der Waals surface area contributed by atoms with Crippen LogP contribution < -0.4 is 5.32 Å². The first-order valence-corrected chi connectivity index (χ1v) is 8.79. The molecule has 5 rings (SSSR count). The Labute approximate surface area is 159 Å². The van der Waals surface area contributed by atoms with E-state index in [4.69, 9.17) is 4.52 Å². The largest absolute Gasteiger partial charge is 0.356 e. The van der Waals surface area contributed by atoms with E-state index in [1.54, 1.807) is 6.07 Å². The van der Waals surface area contributed by atoms with E-state index in [-0.39, 0.29) is 12.3 Å². The second-order valence-corrected chi connectivity index (χ2v) is 6.36. The molecular formula is C21H15N5O2. The van der Waals surface area contributed by atoms with Crippen LogP contribution >= 0.6 is 0 Å². The van der Waals surface area contributed by atoms with Crippen LogP contribution in [0.3, 0.4) is 0 Å². The number of carbonyl (C=O) groups is 1. The van der Waals surface area contributed by atoms with E-state index < -0.39 is 0 Å². The Morgan fingerprint density at radius 3 is 2.86 bits per heavy atom. The van der Waals surface area contributed by atoms with Crippen molar-refractivity contribution in [2.24, 2.45) is 0 Å². The van der Waals surface area contributed by atoms with Crippen molar-refractivity contribution in [1.82, 2.24) is 19.7 Å². The number of benzene rings is 2. The summed E-state index contributed by atoms with van der Waals surface area (Å²) in [5.41, 5.74) is 2.29. The highest BCUT2D eigenvalue weighted by Crippen LogP contribution is 2.21. The van der Waals surface area contributed by atoms with Crippen LogP contribution in [0.5, 0.6) is 0 Å². The van der Waals surface area contributed by atoms with Crippen LogP contribution in [0.15, 0.2) is 77.7 Å². The summed E-state index contributed by atoms with van der Waals surface area (Å²) in [6.45, 7) is 0. The molecule has 5 aromatic rings. The molecule has 0 saturated carbocycles. The number of fused-ring (bicyclic) bond motifs is 2. The summed E-state index contributed by atoms with van der Waals surface area (Å²) in [6, 6.07) is 19.2. The summed E-state index contributed by atoms with van der Waals surface area (Å²) in [6.07, 6.45) is 3.48. The Kier molecular flexibility index (Phi) is 3.83. The first-order valence-electron chi connectivity index (χ1n) is 8.79. The zero-order valence-electron chi connectivity index (χ0n) is 14.7. The number of hydrogen-bond donors (Lipinski definition) is 1. The van der Waals surface area contributed by atoms with Crippen LogP contribution in [-0.4, -0.2) is 25.6 Å². The topological polar surface area (TPSA) is 85.8 Å². The molecule has 0 bridgehead atoms. The van der Waals surface area contributed by atoms with Gasteiger partial charge in [0.25, 0.3) is 0 Å². The summed E-state index contributed by atoms with van der Waals surface area (Å²) >= 11 is 0. The van der Waals surface area contributed by atoms with E-state index in [0.717, 1.165) is 16.3 Å². The smallest absolute Gasteiger partial charge is 0.231 e. The standard InChI is InChI=1S/C21H15N5O2/c27-21(11-16-15-6-2-4-8-18(15)28-25-16)24-19-12-20(23-13-22-19)26-10-9-14-5-1-3-7-17(14)26/h1-10,12-13H,11H2,(H,22,23,24,27). The van der Waals surface area contributed by atoms with Gasteiger partial charge in [-0.3, -0.25) is 4.79 Å². The van der Waals surface area contributed by atoms with Gasteiger partial charge >= 0.3 is 0 Å². The van der Waals surface area contributed by atoms with Crippen molar-refractivity contribution in [2.75, 3.05) is 5.32 Å². The van der Waals surface area contributed by atoms with Crippen LogP contribution in [-0.2, 0) is 11.2 Å². The number of nitrogens with zero attached hydrogens (tertiary/aromatic N) is 4. The molecule has 3 heterocycles. The van der Waals surface area contributed by atoms with Gasteiger partial charge in [0, 0.05) is 17.6 Å². The molecule has 1 N–H and O–H groups in total. The van der Waals surface area contributed by atoms with Gasteiger partial charge in [-0.25, -0.2) is 9.97 Å². The van der Waals surface area contributed by atoms with Gasteiger partial charge in [0.2, 0.25) is 5.91 Å². The van der Waals surface area contributed by atoms with Crippen LogP contribution in [0.1, 0.15) is 5.69 Å². The van der Waals surface area contributed by atoms with E-state index in [1.807, 2.05) is 65.4 Å². The minimum atomic E-state index is -0.221. The van der Waals surface area contributed by atoms with Crippen molar-refractivity contribution in [3.05, 3.63) is 78.9 Å². The monoisotopic (exact) mass is 369 g/mol. The van der Waals surface area contributed by atoms with Crippen molar-refractivity contribution in [3.63, 3.8) is 0 Å². The second-order valence-electron chi connectivity index (χ2n) is 6.36. The molecule has 136 valence electrons. The van der Waals surface area contributed by atoms with Gasteiger partial charge in [-0.15, -0.1) is 0 Å². The Morgan fingerprint density at radius 2 is 1.89 bits per heavy atom. The predicted molar refractivity (Wildman–Crippen MR) is 105 cm³/mol. The van der Waals surface area contributed by atoms with Gasteiger partial charge in [-0.1, -0.05) is 35.5 Å². The lowest BCUT2D eigenvalue weighted by molar-refractivity contribution is -0.115. The maximum Gasteiger partial charge on any atom is 0.231 e. The quantitative estimate of drug-likeness (QED) is 0.521. The van der Waals surface area contributed by atoms with E-state index in [9.17, 15) is 4.79 Å². The SMILES string of the molecule is O=C(Cc1noc2ccccc12)Nc1cc(-n2ccc3ccccc32)ncn1. The van der Waals surface area contributed by atoms with Crippen molar-refractivity contribution in [3.8, 4) is 5.82 Å². The molecule has 1 amide bonds. The van der Waals surface area contributed by atoms with Crippen molar-refractivity contribution in [2.45, 2.75) is 6.42 Å². The third kappa shape index (κ3) is 2.88. The Balaban J connectivity index is 1.38. The molecule has 0 radical (unpaired) electrons. The lowest BCUT2D eigenvalue weighted by Crippen LogP contribution is -2.16. The minimum Gasteiger partial charge on any atom is -0.356 e. The Hall–Kier alpha value is -4.00. The highest BCUT2D eigenvalue weighted by molar-refractivity contribution is 5.94. The van der Waals surface area contributed by atoms with Crippen molar-refractivity contribution in [1.29, 1.82) is 0 Å². The first-order chi connectivity index (χ1) is 13.8. The fraction of sp³-hybridized carbons (Fsp3) is 0.0476. The molecule has 0 spiro atoms. The lowest BCUT2D eigenvalue weighted by Gasteiger charge is -2.07. The molecule has 0 aliphatic carbocycles. The van der Waals surface area contributed by atoms with Crippen LogP contribution in [0.25, 0.3) is 27.7 Å². The van der Waals surface area contributed by atoms with Gasteiger partial charge in [-0.05, 0) is 29.7 Å². The molecule has 0 aliphatic rings. The third-order valence-corrected chi connectivity index (χ3v) is 4.55. The number of rotatable bonds is 4. The van der Waals surface area contributed by atoms with E-state index in [1.165, 1.54) is 6.33 Å². The molecule has 28 heavy (non-hydrogen) atoms. The third-order valence-electron chi connectivity index (χ3n) is 4.55. The van der Waals surface area contributed by atoms with E-state index >= 15 is 0 Å². The number of aromatic nitrogens is 4. The normalized spacial score (nSPS) is 11.1. The first kappa shape index (κ1) is 16.2.